The van der Waals surface area contributed by atoms with Gasteiger partial charge in [0.05, 0.1) is 5.69 Å². The summed E-state index contributed by atoms with van der Waals surface area (Å²) in [4.78, 5) is 7.87. The highest BCUT2D eigenvalue weighted by molar-refractivity contribution is 7.00. The van der Waals surface area contributed by atoms with Crippen LogP contribution in [0.5, 0.6) is 0 Å². The lowest BCUT2D eigenvalue weighted by molar-refractivity contribution is 0.332. The van der Waals surface area contributed by atoms with Crippen molar-refractivity contribution in [3.05, 3.63) is 203 Å². The van der Waals surface area contributed by atoms with Gasteiger partial charge in [-0.25, -0.2) is 0 Å². The first kappa shape index (κ1) is 50.1. The van der Waals surface area contributed by atoms with E-state index in [-0.39, 0.29) is 39.2 Å². The van der Waals surface area contributed by atoms with Crippen LogP contribution in [-0.4, -0.2) is 6.71 Å². The Hall–Kier alpha value is -6.78. The van der Waals surface area contributed by atoms with Crippen LogP contribution in [0, 0.1) is 6.92 Å². The summed E-state index contributed by atoms with van der Waals surface area (Å²) in [5.74, 6) is 0. The quantitative estimate of drug-likeness (QED) is 0.154. The highest BCUT2D eigenvalue weighted by Gasteiger charge is 2.49. The highest BCUT2D eigenvalue weighted by Crippen LogP contribution is 2.56. The molecule has 12 rings (SSSR count). The SMILES string of the molecule is Cc1cc2c(cc1N1c3cc(N(c4ccccc4)c4ccccc4)ccc3B3c4cc5c(cc4N(c4ccc(C(C)(C)C)cc4-c4ccccc4)c4cc(C(C)(C)C)cc1c43)C(C)(C)CCC5(C)C)C(C)(C)CC2(C)C. The second-order valence-corrected chi connectivity index (χ2v) is 27.7. The zero-order valence-electron chi connectivity index (χ0n) is 48.1. The molecule has 384 valence electrons. The summed E-state index contributed by atoms with van der Waals surface area (Å²) < 4.78 is 0. The van der Waals surface area contributed by atoms with Gasteiger partial charge < -0.3 is 14.7 Å². The predicted octanol–water partition coefficient (Wildman–Crippen LogP) is 18.1. The molecule has 0 aromatic heterocycles. The van der Waals surface area contributed by atoms with Gasteiger partial charge in [0.1, 0.15) is 0 Å². The molecule has 0 saturated carbocycles. The minimum atomic E-state index is -0.169. The average Bonchev–Trinajstić information content (AvgIpc) is 3.71. The van der Waals surface area contributed by atoms with Crippen molar-refractivity contribution in [3.8, 4) is 11.1 Å². The molecule has 76 heavy (non-hydrogen) atoms. The maximum atomic E-state index is 2.72. The topological polar surface area (TPSA) is 9.72 Å². The van der Waals surface area contributed by atoms with Crippen molar-refractivity contribution in [2.24, 2.45) is 0 Å². The van der Waals surface area contributed by atoms with E-state index in [9.17, 15) is 0 Å². The third-order valence-electron chi connectivity index (χ3n) is 18.3. The van der Waals surface area contributed by atoms with Gasteiger partial charge in [0.15, 0.2) is 0 Å². The van der Waals surface area contributed by atoms with Crippen LogP contribution in [-0.2, 0) is 32.5 Å². The standard InChI is InChI=1S/C72H78BN3/c1-46-37-54-57(72(14,15)45-71(54,12)13)43-61(46)76-62-41-52(74(50-27-21-17-22-28-50)51-29-23-18-24-30-51)32-33-58(62)73-59-42-55-56(70(10,11)36-35-69(55,8)9)44-63(59)75(64-39-49(68(5,6)7)40-65(76)66(64)73)60-34-31-48(67(2,3)4)38-53(60)47-25-19-16-20-26-47/h16-34,37-44H,35-36,45H2,1-15H3. The summed E-state index contributed by atoms with van der Waals surface area (Å²) in [5, 5.41) is 0. The number of rotatable bonds is 6. The Bertz CT molecular complexity index is 3570. The molecule has 0 radical (unpaired) electrons. The maximum absolute atomic E-state index is 2.72. The second-order valence-electron chi connectivity index (χ2n) is 27.7. The summed E-state index contributed by atoms with van der Waals surface area (Å²) >= 11 is 0. The summed E-state index contributed by atoms with van der Waals surface area (Å²) in [6, 6.07) is 63.5. The second kappa shape index (κ2) is 17.1. The summed E-state index contributed by atoms with van der Waals surface area (Å²) in [6.07, 6.45) is 3.41. The molecule has 8 aromatic rings. The fraction of sp³-hybridized carbons (Fsp3) is 0.333. The van der Waals surface area contributed by atoms with Crippen molar-refractivity contribution in [2.75, 3.05) is 14.7 Å². The monoisotopic (exact) mass is 996 g/mol. The van der Waals surface area contributed by atoms with Gasteiger partial charge in [0, 0.05) is 51.1 Å². The van der Waals surface area contributed by atoms with Gasteiger partial charge in [-0.3, -0.25) is 0 Å². The number of anilines is 9. The van der Waals surface area contributed by atoms with E-state index in [0.29, 0.717) is 0 Å². The molecule has 0 spiro atoms. The Balaban J connectivity index is 1.24. The van der Waals surface area contributed by atoms with Crippen LogP contribution in [0.2, 0.25) is 0 Å². The van der Waals surface area contributed by atoms with Gasteiger partial charge in [-0.2, -0.15) is 0 Å². The van der Waals surface area contributed by atoms with Crippen LogP contribution in [0.25, 0.3) is 11.1 Å². The molecule has 2 aliphatic heterocycles. The Kier molecular flexibility index (Phi) is 11.3. The third-order valence-corrected chi connectivity index (χ3v) is 18.3. The number of fused-ring (bicyclic) bond motifs is 6. The van der Waals surface area contributed by atoms with Crippen molar-refractivity contribution in [1.29, 1.82) is 0 Å². The first-order chi connectivity index (χ1) is 35.8. The van der Waals surface area contributed by atoms with Gasteiger partial charge in [-0.15, -0.1) is 0 Å². The summed E-state index contributed by atoms with van der Waals surface area (Å²) in [6.45, 7) is 36.3. The van der Waals surface area contributed by atoms with Crippen molar-refractivity contribution in [2.45, 2.75) is 156 Å². The highest BCUT2D eigenvalue weighted by atomic mass is 15.2. The number of para-hydroxylation sites is 2. The van der Waals surface area contributed by atoms with Gasteiger partial charge >= 0.3 is 0 Å². The van der Waals surface area contributed by atoms with Crippen molar-refractivity contribution in [1.82, 2.24) is 0 Å². The summed E-state index contributed by atoms with van der Waals surface area (Å²) in [5.41, 5.74) is 27.2. The Labute approximate surface area is 456 Å². The molecule has 0 atom stereocenters. The Morgan fingerprint density at radius 1 is 0.408 bits per heavy atom. The molecule has 0 amide bonds. The fourth-order valence-electron chi connectivity index (χ4n) is 14.1. The molecule has 0 bridgehead atoms. The number of hydrogen-bond acceptors (Lipinski definition) is 3. The van der Waals surface area contributed by atoms with Crippen LogP contribution in [0.3, 0.4) is 0 Å². The van der Waals surface area contributed by atoms with E-state index >= 15 is 0 Å². The van der Waals surface area contributed by atoms with Gasteiger partial charge in [0.2, 0.25) is 0 Å². The lowest BCUT2D eigenvalue weighted by Gasteiger charge is -2.48. The van der Waals surface area contributed by atoms with E-state index in [0.717, 1.165) is 36.3 Å². The van der Waals surface area contributed by atoms with E-state index in [2.05, 4.69) is 282 Å². The largest absolute Gasteiger partial charge is 0.311 e. The normalized spacial score (nSPS) is 17.3. The minimum Gasteiger partial charge on any atom is -0.311 e. The van der Waals surface area contributed by atoms with Crippen molar-refractivity contribution < 1.29 is 0 Å². The van der Waals surface area contributed by atoms with Gasteiger partial charge in [-0.05, 0) is 192 Å². The first-order valence-corrected chi connectivity index (χ1v) is 28.2. The van der Waals surface area contributed by atoms with E-state index in [1.54, 1.807) is 0 Å². The van der Waals surface area contributed by atoms with Crippen LogP contribution in [0.4, 0.5) is 51.2 Å². The van der Waals surface area contributed by atoms with Crippen LogP contribution in [0.15, 0.2) is 164 Å². The molecule has 4 heteroatoms. The zero-order chi connectivity index (χ0) is 53.6. The molecule has 2 heterocycles. The van der Waals surface area contributed by atoms with E-state index in [4.69, 9.17) is 0 Å². The molecule has 0 fully saturated rings. The number of nitrogens with zero attached hydrogens (tertiary/aromatic N) is 3. The lowest BCUT2D eigenvalue weighted by atomic mass is 9.33. The van der Waals surface area contributed by atoms with Crippen LogP contribution >= 0.6 is 0 Å². The Morgan fingerprint density at radius 3 is 1.46 bits per heavy atom. The molecule has 4 aliphatic rings. The predicted molar refractivity (Wildman–Crippen MR) is 329 cm³/mol. The first-order valence-electron chi connectivity index (χ1n) is 28.2. The molecule has 0 unspecified atom stereocenters. The fourth-order valence-corrected chi connectivity index (χ4v) is 14.1. The van der Waals surface area contributed by atoms with Gasteiger partial charge in [0.25, 0.3) is 6.71 Å². The van der Waals surface area contributed by atoms with Gasteiger partial charge in [-0.1, -0.05) is 188 Å². The van der Waals surface area contributed by atoms with Crippen molar-refractivity contribution in [3.63, 3.8) is 0 Å². The Morgan fingerprint density at radius 2 is 0.895 bits per heavy atom. The molecule has 3 nitrogen and oxygen atoms in total. The van der Waals surface area contributed by atoms with Crippen LogP contribution in [0.1, 0.15) is 155 Å². The number of aryl methyl sites for hydroxylation is 1. The minimum absolute atomic E-state index is 0.00451. The molecule has 8 aromatic carbocycles. The molecular weight excluding hydrogens is 918 g/mol. The average molecular weight is 996 g/mol. The van der Waals surface area contributed by atoms with E-state index in [1.807, 2.05) is 0 Å². The maximum Gasteiger partial charge on any atom is 0.252 e. The number of benzene rings is 8. The summed E-state index contributed by atoms with van der Waals surface area (Å²) in [7, 11) is 0. The molecule has 0 N–H and O–H groups in total. The zero-order valence-corrected chi connectivity index (χ0v) is 48.1. The molecule has 2 aliphatic carbocycles. The molecular formula is C72H78BN3. The van der Waals surface area contributed by atoms with E-state index < -0.39 is 0 Å². The third kappa shape index (κ3) is 7.98. The molecule has 0 saturated heterocycles. The number of hydrogen-bond donors (Lipinski definition) is 0. The lowest BCUT2D eigenvalue weighted by Crippen LogP contribution is -2.62. The van der Waals surface area contributed by atoms with E-state index in [1.165, 1.54) is 101 Å². The smallest absolute Gasteiger partial charge is 0.252 e. The van der Waals surface area contributed by atoms with Crippen LogP contribution < -0.4 is 31.1 Å². The van der Waals surface area contributed by atoms with Crippen molar-refractivity contribution >= 4 is 74.3 Å².